The fraction of sp³-hybridized carbons (Fsp3) is 0.318. The number of amides is 1. The van der Waals surface area contributed by atoms with E-state index in [0.717, 1.165) is 44.9 Å². The maximum Gasteiger partial charge on any atom is 0.416 e. The third kappa shape index (κ3) is 6.73. The van der Waals surface area contributed by atoms with E-state index in [9.17, 15) is 18.0 Å². The van der Waals surface area contributed by atoms with Crippen molar-refractivity contribution >= 4 is 17.7 Å². The van der Waals surface area contributed by atoms with Gasteiger partial charge in [0.05, 0.1) is 12.1 Å². The van der Waals surface area contributed by atoms with Gasteiger partial charge in [-0.1, -0.05) is 42.5 Å². The Balaban J connectivity index is 1.39. The van der Waals surface area contributed by atoms with Gasteiger partial charge in [-0.15, -0.1) is 0 Å². The van der Waals surface area contributed by atoms with Gasteiger partial charge in [-0.2, -0.15) is 13.2 Å². The van der Waals surface area contributed by atoms with Crippen molar-refractivity contribution in [3.8, 4) is 0 Å². The predicted molar refractivity (Wildman–Crippen MR) is 108 cm³/mol. The first-order chi connectivity index (χ1) is 13.9. The average molecular weight is 403 g/mol. The van der Waals surface area contributed by atoms with E-state index < -0.39 is 11.7 Å². The Bertz CT molecular complexity index is 811. The summed E-state index contributed by atoms with van der Waals surface area (Å²) in [5, 5.41) is 2.66. The molecule has 2 aromatic rings. The molecule has 1 N–H and O–H groups in total. The number of hydrogen-bond acceptors (Lipinski definition) is 3. The standard InChI is InChI=1S/C22H24F3N3O/c23-22(24,25)19-8-10-20(11-9-19)26-21(29)17-28-15-13-27(14-16-28)12-4-7-18-5-2-1-3-6-18/h1-11H,12-17H2,(H,26,29). The van der Waals surface area contributed by atoms with E-state index in [1.807, 2.05) is 18.2 Å². The van der Waals surface area contributed by atoms with E-state index in [1.54, 1.807) is 0 Å². The fourth-order valence-electron chi connectivity index (χ4n) is 3.18. The molecule has 1 amide bonds. The van der Waals surface area contributed by atoms with Gasteiger partial charge in [0.1, 0.15) is 0 Å². The average Bonchev–Trinajstić information content (AvgIpc) is 2.70. The molecule has 7 heteroatoms. The quantitative estimate of drug-likeness (QED) is 0.793. The number of rotatable bonds is 6. The van der Waals surface area contributed by atoms with Crippen LogP contribution in [0.2, 0.25) is 0 Å². The van der Waals surface area contributed by atoms with Crippen molar-refractivity contribution in [3.63, 3.8) is 0 Å². The lowest BCUT2D eigenvalue weighted by atomic mass is 10.2. The Hall–Kier alpha value is -2.64. The second-order valence-corrected chi connectivity index (χ2v) is 7.01. The number of carbonyl (C=O) groups excluding carboxylic acids is 1. The van der Waals surface area contributed by atoms with Gasteiger partial charge in [-0.25, -0.2) is 0 Å². The van der Waals surface area contributed by atoms with E-state index in [2.05, 4.69) is 39.4 Å². The number of benzene rings is 2. The zero-order valence-corrected chi connectivity index (χ0v) is 16.0. The lowest BCUT2D eigenvalue weighted by molar-refractivity contribution is -0.137. The van der Waals surface area contributed by atoms with Crippen molar-refractivity contribution in [3.05, 3.63) is 71.8 Å². The number of piperazine rings is 1. The van der Waals surface area contributed by atoms with E-state index in [-0.39, 0.29) is 12.5 Å². The smallest absolute Gasteiger partial charge is 0.325 e. The van der Waals surface area contributed by atoms with Crippen LogP contribution in [-0.2, 0) is 11.0 Å². The first-order valence-corrected chi connectivity index (χ1v) is 9.53. The monoisotopic (exact) mass is 403 g/mol. The first-order valence-electron chi connectivity index (χ1n) is 9.53. The second-order valence-electron chi connectivity index (χ2n) is 7.01. The summed E-state index contributed by atoms with van der Waals surface area (Å²) >= 11 is 0. The Morgan fingerprint density at radius 1 is 0.931 bits per heavy atom. The molecule has 0 saturated carbocycles. The predicted octanol–water partition coefficient (Wildman–Crippen LogP) is 3.97. The van der Waals surface area contributed by atoms with Gasteiger partial charge in [-0.05, 0) is 29.8 Å². The van der Waals surface area contributed by atoms with Crippen molar-refractivity contribution in [2.24, 2.45) is 0 Å². The summed E-state index contributed by atoms with van der Waals surface area (Å²) in [4.78, 5) is 16.5. The highest BCUT2D eigenvalue weighted by Crippen LogP contribution is 2.29. The van der Waals surface area contributed by atoms with Crippen LogP contribution in [0.25, 0.3) is 6.08 Å². The van der Waals surface area contributed by atoms with Crippen LogP contribution in [0, 0.1) is 0 Å². The number of anilines is 1. The second kappa shape index (κ2) is 9.71. The Morgan fingerprint density at radius 3 is 2.17 bits per heavy atom. The molecule has 2 aromatic carbocycles. The summed E-state index contributed by atoms with van der Waals surface area (Å²) in [6.45, 7) is 4.38. The van der Waals surface area contributed by atoms with Crippen LogP contribution < -0.4 is 5.32 Å². The number of nitrogens with one attached hydrogen (secondary N) is 1. The zero-order valence-electron chi connectivity index (χ0n) is 16.0. The zero-order chi connectivity index (χ0) is 20.7. The SMILES string of the molecule is O=C(CN1CCN(CC=Cc2ccccc2)CC1)Nc1ccc(C(F)(F)F)cc1. The van der Waals surface area contributed by atoms with Gasteiger partial charge < -0.3 is 5.32 Å². The van der Waals surface area contributed by atoms with Crippen molar-refractivity contribution in [1.29, 1.82) is 0 Å². The van der Waals surface area contributed by atoms with Crippen LogP contribution in [0.5, 0.6) is 0 Å². The lowest BCUT2D eigenvalue weighted by Crippen LogP contribution is -2.48. The molecule has 4 nitrogen and oxygen atoms in total. The largest absolute Gasteiger partial charge is 0.416 e. The van der Waals surface area contributed by atoms with E-state index in [0.29, 0.717) is 5.69 Å². The Kier molecular flexibility index (Phi) is 7.06. The summed E-state index contributed by atoms with van der Waals surface area (Å²) in [6, 6.07) is 14.6. The van der Waals surface area contributed by atoms with Gasteiger partial charge in [0.25, 0.3) is 0 Å². The lowest BCUT2D eigenvalue weighted by Gasteiger charge is -2.33. The molecule has 0 unspecified atom stereocenters. The molecule has 0 aliphatic carbocycles. The van der Waals surface area contributed by atoms with Crippen molar-refractivity contribution in [2.45, 2.75) is 6.18 Å². The molecule has 0 spiro atoms. The molecule has 1 fully saturated rings. The number of nitrogens with zero attached hydrogens (tertiary/aromatic N) is 2. The van der Waals surface area contributed by atoms with Crippen LogP contribution in [-0.4, -0.2) is 55.0 Å². The first kappa shape index (κ1) is 21.1. The third-order valence-corrected chi connectivity index (χ3v) is 4.80. The molecule has 29 heavy (non-hydrogen) atoms. The van der Waals surface area contributed by atoms with Gasteiger partial charge in [0, 0.05) is 38.4 Å². The summed E-state index contributed by atoms with van der Waals surface area (Å²) in [7, 11) is 0. The molecule has 0 atom stereocenters. The summed E-state index contributed by atoms with van der Waals surface area (Å²) in [5.74, 6) is -0.220. The molecule has 1 aliphatic heterocycles. The number of carbonyl (C=O) groups is 1. The van der Waals surface area contributed by atoms with Crippen LogP contribution in [0.1, 0.15) is 11.1 Å². The highest BCUT2D eigenvalue weighted by molar-refractivity contribution is 5.92. The maximum absolute atomic E-state index is 12.6. The van der Waals surface area contributed by atoms with Crippen molar-refractivity contribution in [2.75, 3.05) is 44.6 Å². The van der Waals surface area contributed by atoms with Crippen LogP contribution in [0.15, 0.2) is 60.7 Å². The number of alkyl halides is 3. The molecule has 1 saturated heterocycles. The molecule has 0 aromatic heterocycles. The van der Waals surface area contributed by atoms with Gasteiger partial charge in [-0.3, -0.25) is 14.6 Å². The molecular formula is C22H24F3N3O. The number of halogens is 3. The van der Waals surface area contributed by atoms with E-state index in [1.165, 1.54) is 17.7 Å². The maximum atomic E-state index is 12.6. The molecular weight excluding hydrogens is 379 g/mol. The summed E-state index contributed by atoms with van der Waals surface area (Å²) in [5.41, 5.74) is 0.812. The molecule has 154 valence electrons. The van der Waals surface area contributed by atoms with Crippen LogP contribution in [0.3, 0.4) is 0 Å². The molecule has 0 bridgehead atoms. The topological polar surface area (TPSA) is 35.6 Å². The van der Waals surface area contributed by atoms with Gasteiger partial charge in [0.15, 0.2) is 0 Å². The van der Waals surface area contributed by atoms with Crippen LogP contribution in [0.4, 0.5) is 18.9 Å². The van der Waals surface area contributed by atoms with E-state index >= 15 is 0 Å². The molecule has 1 aliphatic rings. The minimum Gasteiger partial charge on any atom is -0.325 e. The van der Waals surface area contributed by atoms with Gasteiger partial charge in [0.2, 0.25) is 5.91 Å². The third-order valence-electron chi connectivity index (χ3n) is 4.80. The normalized spacial score (nSPS) is 16.2. The Labute approximate surface area is 168 Å². The minimum atomic E-state index is -4.38. The summed E-state index contributed by atoms with van der Waals surface area (Å²) in [6.07, 6.45) is -0.134. The highest BCUT2D eigenvalue weighted by atomic mass is 19.4. The molecule has 1 heterocycles. The molecule has 3 rings (SSSR count). The Morgan fingerprint density at radius 2 is 1.55 bits per heavy atom. The molecule has 0 radical (unpaired) electrons. The van der Waals surface area contributed by atoms with Crippen LogP contribution >= 0.6 is 0 Å². The van der Waals surface area contributed by atoms with Gasteiger partial charge >= 0.3 is 6.18 Å². The summed E-state index contributed by atoms with van der Waals surface area (Å²) < 4.78 is 37.8. The van der Waals surface area contributed by atoms with Crippen molar-refractivity contribution < 1.29 is 18.0 Å². The minimum absolute atomic E-state index is 0.220. The fourth-order valence-corrected chi connectivity index (χ4v) is 3.18. The van der Waals surface area contributed by atoms with E-state index in [4.69, 9.17) is 0 Å². The van der Waals surface area contributed by atoms with Crippen molar-refractivity contribution in [1.82, 2.24) is 9.80 Å². The number of hydrogen-bond donors (Lipinski definition) is 1. The highest BCUT2D eigenvalue weighted by Gasteiger charge is 2.30.